The molecular formula is C12H11N5O2. The van der Waals surface area contributed by atoms with Gasteiger partial charge in [-0.2, -0.15) is 5.10 Å². The number of aryl methyl sites for hydroxylation is 1. The van der Waals surface area contributed by atoms with Crippen LogP contribution in [-0.2, 0) is 13.6 Å². The van der Waals surface area contributed by atoms with Crippen LogP contribution >= 0.6 is 0 Å². The smallest absolute Gasteiger partial charge is 0.264 e. The number of fused-ring (bicyclic) bond motifs is 1. The summed E-state index contributed by atoms with van der Waals surface area (Å²) in [6, 6.07) is 4.86. The first-order valence-corrected chi connectivity index (χ1v) is 5.67. The third-order valence-electron chi connectivity index (χ3n) is 3.14. The molecular weight excluding hydrogens is 246 g/mol. The number of nitrogen functional groups attached to an aromatic ring is 1. The summed E-state index contributed by atoms with van der Waals surface area (Å²) in [7, 11) is 1.70. The fourth-order valence-electron chi connectivity index (χ4n) is 2.11. The Hall–Kier alpha value is -2.70. The molecule has 0 atom stereocenters. The summed E-state index contributed by atoms with van der Waals surface area (Å²) in [5.41, 5.74) is 6.69. The predicted molar refractivity (Wildman–Crippen MR) is 66.1 cm³/mol. The number of amides is 2. The van der Waals surface area contributed by atoms with Crippen LogP contribution in [0.15, 0.2) is 24.5 Å². The van der Waals surface area contributed by atoms with Crippen LogP contribution in [0.25, 0.3) is 0 Å². The lowest BCUT2D eigenvalue weighted by molar-refractivity contribution is 0.0637. The molecule has 2 heterocycles. The van der Waals surface area contributed by atoms with Gasteiger partial charge in [-0.15, -0.1) is 0 Å². The average Bonchev–Trinajstić information content (AvgIpc) is 2.88. The molecule has 2 amide bonds. The monoisotopic (exact) mass is 257 g/mol. The summed E-state index contributed by atoms with van der Waals surface area (Å²) in [5.74, 6) is -0.204. The van der Waals surface area contributed by atoms with Crippen LogP contribution in [0.5, 0.6) is 0 Å². The second kappa shape index (κ2) is 3.91. The molecule has 0 saturated carbocycles. The summed E-state index contributed by atoms with van der Waals surface area (Å²) < 4.78 is 1.52. The van der Waals surface area contributed by atoms with Gasteiger partial charge in [0.1, 0.15) is 12.2 Å². The van der Waals surface area contributed by atoms with E-state index in [4.69, 9.17) is 5.73 Å². The maximum atomic E-state index is 12.2. The van der Waals surface area contributed by atoms with Crippen LogP contribution in [0.1, 0.15) is 26.5 Å². The van der Waals surface area contributed by atoms with E-state index in [1.165, 1.54) is 11.0 Å². The van der Waals surface area contributed by atoms with Crippen molar-refractivity contribution in [2.24, 2.45) is 7.05 Å². The van der Waals surface area contributed by atoms with E-state index >= 15 is 0 Å². The van der Waals surface area contributed by atoms with E-state index in [1.807, 2.05) is 0 Å². The molecule has 7 nitrogen and oxygen atoms in total. The summed E-state index contributed by atoms with van der Waals surface area (Å²) >= 11 is 0. The van der Waals surface area contributed by atoms with Crippen molar-refractivity contribution in [2.75, 3.05) is 5.73 Å². The summed E-state index contributed by atoms with van der Waals surface area (Å²) in [6.07, 6.45) is 1.38. The minimum atomic E-state index is -0.388. The number of anilines is 1. The third-order valence-corrected chi connectivity index (χ3v) is 3.14. The van der Waals surface area contributed by atoms with Crippen molar-refractivity contribution >= 4 is 17.5 Å². The van der Waals surface area contributed by atoms with Gasteiger partial charge in [0.05, 0.1) is 17.7 Å². The molecule has 0 fully saturated rings. The first-order valence-electron chi connectivity index (χ1n) is 5.67. The molecule has 2 N–H and O–H groups in total. The Balaban J connectivity index is 1.99. The molecule has 1 aliphatic heterocycles. The van der Waals surface area contributed by atoms with Gasteiger partial charge in [-0.05, 0) is 12.1 Å². The van der Waals surface area contributed by atoms with Gasteiger partial charge in [-0.25, -0.2) is 4.98 Å². The lowest BCUT2D eigenvalue weighted by atomic mass is 10.1. The molecule has 0 saturated heterocycles. The number of nitrogens with two attached hydrogens (primary N) is 1. The van der Waals surface area contributed by atoms with Gasteiger partial charge in [0.15, 0.2) is 0 Å². The van der Waals surface area contributed by atoms with Gasteiger partial charge in [0.25, 0.3) is 11.8 Å². The van der Waals surface area contributed by atoms with E-state index < -0.39 is 0 Å². The van der Waals surface area contributed by atoms with Crippen molar-refractivity contribution in [2.45, 2.75) is 6.54 Å². The maximum absolute atomic E-state index is 12.2. The minimum absolute atomic E-state index is 0.0856. The second-order valence-corrected chi connectivity index (χ2v) is 4.27. The Kier molecular flexibility index (Phi) is 2.34. The molecule has 0 unspecified atom stereocenters. The van der Waals surface area contributed by atoms with Crippen LogP contribution in [0.4, 0.5) is 5.69 Å². The lowest BCUT2D eigenvalue weighted by Crippen LogP contribution is -2.30. The Morgan fingerprint density at radius 2 is 2.05 bits per heavy atom. The number of aromatic nitrogens is 3. The summed E-state index contributed by atoms with van der Waals surface area (Å²) in [6.45, 7) is 0.0856. The molecule has 1 aliphatic rings. The highest BCUT2D eigenvalue weighted by Crippen LogP contribution is 2.28. The molecule has 19 heavy (non-hydrogen) atoms. The number of imide groups is 1. The molecule has 0 spiro atoms. The standard InChI is InChI=1S/C12H11N5O2/c1-16-9(14-6-15-16)5-17-11(18)7-3-2-4-8(13)10(7)12(17)19/h2-4,6H,5,13H2,1H3. The first-order chi connectivity index (χ1) is 9.09. The SMILES string of the molecule is Cn1ncnc1CN1C(=O)c2cccc(N)c2C1=O. The Bertz CT molecular complexity index is 691. The largest absolute Gasteiger partial charge is 0.398 e. The minimum Gasteiger partial charge on any atom is -0.398 e. The molecule has 2 aromatic rings. The number of carbonyl (C=O) groups excluding carboxylic acids is 2. The zero-order valence-electron chi connectivity index (χ0n) is 10.2. The van der Waals surface area contributed by atoms with E-state index in [9.17, 15) is 9.59 Å². The zero-order valence-corrected chi connectivity index (χ0v) is 10.2. The molecule has 0 bridgehead atoms. The highest BCUT2D eigenvalue weighted by Gasteiger charge is 2.37. The quantitative estimate of drug-likeness (QED) is 0.612. The molecule has 0 radical (unpaired) electrons. The van der Waals surface area contributed by atoms with Gasteiger partial charge < -0.3 is 5.73 Å². The topological polar surface area (TPSA) is 94.1 Å². The van der Waals surface area contributed by atoms with E-state index in [2.05, 4.69) is 10.1 Å². The number of hydrogen-bond donors (Lipinski definition) is 1. The van der Waals surface area contributed by atoms with Crippen LogP contribution in [-0.4, -0.2) is 31.5 Å². The van der Waals surface area contributed by atoms with Crippen molar-refractivity contribution in [3.8, 4) is 0 Å². The fraction of sp³-hybridized carbons (Fsp3) is 0.167. The Morgan fingerprint density at radius 3 is 2.68 bits per heavy atom. The molecule has 96 valence electrons. The number of nitrogens with zero attached hydrogens (tertiary/aromatic N) is 4. The lowest BCUT2D eigenvalue weighted by Gasteiger charge is -2.12. The van der Waals surface area contributed by atoms with Gasteiger partial charge in [-0.3, -0.25) is 19.2 Å². The Labute approximate surface area is 108 Å². The van der Waals surface area contributed by atoms with Gasteiger partial charge >= 0.3 is 0 Å². The van der Waals surface area contributed by atoms with E-state index in [1.54, 1.807) is 25.2 Å². The number of rotatable bonds is 2. The fourth-order valence-corrected chi connectivity index (χ4v) is 2.11. The van der Waals surface area contributed by atoms with Gasteiger partial charge in [0, 0.05) is 12.7 Å². The van der Waals surface area contributed by atoms with E-state index in [0.29, 0.717) is 17.1 Å². The highest BCUT2D eigenvalue weighted by atomic mass is 16.2. The van der Waals surface area contributed by atoms with Crippen molar-refractivity contribution in [1.82, 2.24) is 19.7 Å². The zero-order chi connectivity index (χ0) is 13.6. The van der Waals surface area contributed by atoms with Crippen LogP contribution in [0.3, 0.4) is 0 Å². The molecule has 3 rings (SSSR count). The predicted octanol–water partition coefficient (Wildman–Crippen LogP) is 0.194. The molecule has 1 aromatic carbocycles. The van der Waals surface area contributed by atoms with Crippen molar-refractivity contribution in [3.05, 3.63) is 41.5 Å². The molecule has 1 aromatic heterocycles. The third kappa shape index (κ3) is 1.59. The van der Waals surface area contributed by atoms with Gasteiger partial charge in [-0.1, -0.05) is 6.07 Å². The van der Waals surface area contributed by atoms with Crippen LogP contribution in [0, 0.1) is 0 Å². The normalized spacial score (nSPS) is 14.1. The van der Waals surface area contributed by atoms with E-state index in [0.717, 1.165) is 4.90 Å². The Morgan fingerprint density at radius 1 is 1.26 bits per heavy atom. The van der Waals surface area contributed by atoms with Crippen molar-refractivity contribution < 1.29 is 9.59 Å². The van der Waals surface area contributed by atoms with Crippen LogP contribution < -0.4 is 5.73 Å². The van der Waals surface area contributed by atoms with Crippen molar-refractivity contribution in [1.29, 1.82) is 0 Å². The second-order valence-electron chi connectivity index (χ2n) is 4.27. The number of benzene rings is 1. The number of hydrogen-bond acceptors (Lipinski definition) is 5. The maximum Gasteiger partial charge on any atom is 0.264 e. The summed E-state index contributed by atoms with van der Waals surface area (Å²) in [5, 5.41) is 3.91. The molecule has 7 heteroatoms. The van der Waals surface area contributed by atoms with Crippen molar-refractivity contribution in [3.63, 3.8) is 0 Å². The average molecular weight is 257 g/mol. The van der Waals surface area contributed by atoms with Gasteiger partial charge in [0.2, 0.25) is 0 Å². The highest BCUT2D eigenvalue weighted by molar-refractivity contribution is 6.23. The van der Waals surface area contributed by atoms with E-state index in [-0.39, 0.29) is 23.9 Å². The first kappa shape index (κ1) is 11.4. The molecule has 0 aliphatic carbocycles. The summed E-state index contributed by atoms with van der Waals surface area (Å²) in [4.78, 5) is 29.6. The number of carbonyl (C=O) groups is 2. The van der Waals surface area contributed by atoms with Crippen LogP contribution in [0.2, 0.25) is 0 Å².